The van der Waals surface area contributed by atoms with Crippen LogP contribution in [0.3, 0.4) is 0 Å². The summed E-state index contributed by atoms with van der Waals surface area (Å²) in [6.07, 6.45) is 0. The summed E-state index contributed by atoms with van der Waals surface area (Å²) in [7, 11) is 0. The van der Waals surface area contributed by atoms with Crippen LogP contribution in [0.2, 0.25) is 0 Å². The molecule has 0 aliphatic heterocycles. The quantitative estimate of drug-likeness (QED) is 0.187. The summed E-state index contributed by atoms with van der Waals surface area (Å²) in [6.45, 7) is 0. The van der Waals surface area contributed by atoms with Gasteiger partial charge in [0, 0.05) is 5.56 Å². The van der Waals surface area contributed by atoms with Crippen molar-refractivity contribution in [1.29, 1.82) is 0 Å². The number of rotatable bonds is 3. The number of para-hydroxylation sites is 2. The molecule has 1 aromatic heterocycles. The number of benzene rings is 8. The highest BCUT2D eigenvalue weighted by Crippen LogP contribution is 2.68. The van der Waals surface area contributed by atoms with Crippen LogP contribution in [0.4, 0.5) is 0 Å². The fraction of sp³-hybridized carbons (Fsp3) is 0.0392. The Hall–Kier alpha value is -6.77. The molecule has 9 aromatic rings. The fourth-order valence-electron chi connectivity index (χ4n) is 10.2. The Morgan fingerprint density at radius 3 is 1.68 bits per heavy atom. The SMILES string of the molecule is c1ccc(C23c4ccccc4-c4cccc(c42)C2(c4ccccc4-c4ccc(-c5ccc(-c6nc7ccccc7o6)cc5)cc42)c2ccccc23)cc1. The molecule has 0 saturated carbocycles. The van der Waals surface area contributed by atoms with Gasteiger partial charge in [0.05, 0.1) is 10.8 Å². The van der Waals surface area contributed by atoms with Crippen molar-refractivity contribution in [1.82, 2.24) is 4.98 Å². The lowest BCUT2D eigenvalue weighted by atomic mass is 9.52. The first-order valence-electron chi connectivity index (χ1n) is 18.4. The first-order chi connectivity index (χ1) is 26.3. The smallest absolute Gasteiger partial charge is 0.227 e. The zero-order valence-corrected chi connectivity index (χ0v) is 28.8. The third kappa shape index (κ3) is 3.55. The summed E-state index contributed by atoms with van der Waals surface area (Å²) in [4.78, 5) is 4.75. The zero-order valence-electron chi connectivity index (χ0n) is 28.8. The van der Waals surface area contributed by atoms with Gasteiger partial charge in [-0.05, 0) is 108 Å². The highest BCUT2D eigenvalue weighted by atomic mass is 16.3. The largest absolute Gasteiger partial charge is 0.436 e. The molecular formula is C51H31NO. The molecule has 0 bridgehead atoms. The van der Waals surface area contributed by atoms with Crippen LogP contribution >= 0.6 is 0 Å². The predicted molar refractivity (Wildman–Crippen MR) is 213 cm³/mol. The van der Waals surface area contributed by atoms with Crippen molar-refractivity contribution < 1.29 is 4.42 Å². The Bertz CT molecular complexity index is 2920. The maximum Gasteiger partial charge on any atom is 0.227 e. The van der Waals surface area contributed by atoms with Crippen LogP contribution < -0.4 is 0 Å². The molecule has 8 aromatic carbocycles. The maximum atomic E-state index is 6.11. The highest BCUT2D eigenvalue weighted by Gasteiger charge is 2.59. The highest BCUT2D eigenvalue weighted by molar-refractivity contribution is 5.96. The molecule has 2 heteroatoms. The van der Waals surface area contributed by atoms with E-state index >= 15 is 0 Å². The first kappa shape index (κ1) is 28.9. The summed E-state index contributed by atoms with van der Waals surface area (Å²) in [5.74, 6) is 0.640. The molecule has 53 heavy (non-hydrogen) atoms. The molecule has 0 amide bonds. The molecule has 2 atom stereocenters. The van der Waals surface area contributed by atoms with Gasteiger partial charge in [0.25, 0.3) is 0 Å². The van der Waals surface area contributed by atoms with E-state index in [0.29, 0.717) is 5.89 Å². The molecule has 12 rings (SSSR count). The second-order valence-electron chi connectivity index (χ2n) is 14.6. The molecule has 0 saturated heterocycles. The van der Waals surface area contributed by atoms with Crippen LogP contribution in [-0.2, 0) is 10.8 Å². The van der Waals surface area contributed by atoms with Gasteiger partial charge in [-0.25, -0.2) is 4.98 Å². The lowest BCUT2D eigenvalue weighted by molar-refractivity contribution is 0.620. The number of hydrogen-bond donors (Lipinski definition) is 0. The Morgan fingerprint density at radius 2 is 0.906 bits per heavy atom. The lowest BCUT2D eigenvalue weighted by Crippen LogP contribution is -2.43. The van der Waals surface area contributed by atoms with Crippen molar-refractivity contribution in [3.8, 4) is 44.8 Å². The summed E-state index contributed by atoms with van der Waals surface area (Å²) in [5.41, 5.74) is 20.1. The van der Waals surface area contributed by atoms with Crippen molar-refractivity contribution in [2.45, 2.75) is 10.8 Å². The first-order valence-corrected chi connectivity index (χ1v) is 18.4. The predicted octanol–water partition coefficient (Wildman–Crippen LogP) is 12.2. The summed E-state index contributed by atoms with van der Waals surface area (Å²) in [6, 6.07) is 69.4. The number of nitrogens with zero attached hydrogens (tertiary/aromatic N) is 1. The number of oxazole rings is 1. The zero-order chi connectivity index (χ0) is 34.7. The average Bonchev–Trinajstić information content (AvgIpc) is 3.89. The van der Waals surface area contributed by atoms with Crippen molar-refractivity contribution in [3.63, 3.8) is 0 Å². The van der Waals surface area contributed by atoms with Gasteiger partial charge in [-0.1, -0.05) is 158 Å². The summed E-state index contributed by atoms with van der Waals surface area (Å²) < 4.78 is 6.11. The number of aromatic nitrogens is 1. The van der Waals surface area contributed by atoms with Gasteiger partial charge >= 0.3 is 0 Å². The van der Waals surface area contributed by atoms with Gasteiger partial charge in [0.1, 0.15) is 5.52 Å². The molecule has 2 unspecified atom stereocenters. The molecule has 3 aliphatic rings. The summed E-state index contributed by atoms with van der Waals surface area (Å²) in [5, 5.41) is 0. The van der Waals surface area contributed by atoms with E-state index in [1.165, 1.54) is 72.3 Å². The Balaban J connectivity index is 1.13. The fourth-order valence-corrected chi connectivity index (χ4v) is 10.2. The third-order valence-corrected chi connectivity index (χ3v) is 12.2. The van der Waals surface area contributed by atoms with E-state index in [0.717, 1.165) is 22.2 Å². The second kappa shape index (κ2) is 10.4. The minimum atomic E-state index is -0.512. The van der Waals surface area contributed by atoms with Crippen LogP contribution in [0, 0.1) is 0 Å². The van der Waals surface area contributed by atoms with Crippen molar-refractivity contribution in [3.05, 3.63) is 233 Å². The van der Waals surface area contributed by atoms with E-state index in [2.05, 4.69) is 164 Å². The van der Waals surface area contributed by atoms with Gasteiger partial charge < -0.3 is 4.42 Å². The van der Waals surface area contributed by atoms with E-state index in [9.17, 15) is 0 Å². The van der Waals surface area contributed by atoms with Crippen LogP contribution in [0.1, 0.15) is 44.5 Å². The van der Waals surface area contributed by atoms with E-state index < -0.39 is 10.8 Å². The van der Waals surface area contributed by atoms with Crippen LogP contribution in [0.15, 0.2) is 192 Å². The van der Waals surface area contributed by atoms with Crippen LogP contribution in [-0.4, -0.2) is 4.98 Å². The van der Waals surface area contributed by atoms with Crippen molar-refractivity contribution in [2.75, 3.05) is 0 Å². The average molecular weight is 674 g/mol. The van der Waals surface area contributed by atoms with Crippen molar-refractivity contribution >= 4 is 11.1 Å². The van der Waals surface area contributed by atoms with E-state index in [1.54, 1.807) is 0 Å². The molecular weight excluding hydrogens is 643 g/mol. The maximum absolute atomic E-state index is 6.11. The molecule has 2 nitrogen and oxygen atoms in total. The minimum Gasteiger partial charge on any atom is -0.436 e. The Labute approximate surface area is 307 Å². The van der Waals surface area contributed by atoms with Crippen LogP contribution in [0.25, 0.3) is 55.9 Å². The minimum absolute atomic E-state index is 0.443. The molecule has 3 aliphatic carbocycles. The summed E-state index contributed by atoms with van der Waals surface area (Å²) >= 11 is 0. The molecule has 1 spiro atoms. The van der Waals surface area contributed by atoms with E-state index in [4.69, 9.17) is 9.40 Å². The number of hydrogen-bond acceptors (Lipinski definition) is 2. The van der Waals surface area contributed by atoms with Gasteiger partial charge in [-0.3, -0.25) is 0 Å². The molecule has 0 fully saturated rings. The van der Waals surface area contributed by atoms with Gasteiger partial charge in [0.15, 0.2) is 5.58 Å². The molecule has 0 N–H and O–H groups in total. The van der Waals surface area contributed by atoms with E-state index in [1.807, 2.05) is 24.3 Å². The second-order valence-corrected chi connectivity index (χ2v) is 14.6. The van der Waals surface area contributed by atoms with Crippen molar-refractivity contribution in [2.24, 2.45) is 0 Å². The van der Waals surface area contributed by atoms with Crippen LogP contribution in [0.5, 0.6) is 0 Å². The third-order valence-electron chi connectivity index (χ3n) is 12.2. The van der Waals surface area contributed by atoms with E-state index in [-0.39, 0.29) is 0 Å². The van der Waals surface area contributed by atoms with Gasteiger partial charge in [-0.15, -0.1) is 0 Å². The monoisotopic (exact) mass is 673 g/mol. The van der Waals surface area contributed by atoms with Gasteiger partial charge in [0.2, 0.25) is 5.89 Å². The standard InChI is InChI=1S/C51H31NO/c1-2-13-35(14-3-1)50-40-18-6-5-16-37(40)39-17-12-22-44(48(39)50)51(43-21-9-8-20-42(43)50)41-19-7-4-15-36(41)38-30-29-34(31-45(38)51)32-25-27-33(28-26-32)49-52-46-23-10-11-24-47(46)53-49/h1-31H. The molecule has 246 valence electrons. The normalized spacial score (nSPS) is 18.3. The topological polar surface area (TPSA) is 26.0 Å². The number of fused-ring (bicyclic) bond motifs is 13. The Morgan fingerprint density at radius 1 is 0.358 bits per heavy atom. The van der Waals surface area contributed by atoms with Gasteiger partial charge in [-0.2, -0.15) is 0 Å². The lowest BCUT2D eigenvalue weighted by Gasteiger charge is -2.48. The molecule has 1 heterocycles. The Kier molecular flexibility index (Phi) is 5.67. The molecule has 0 radical (unpaired) electrons.